The van der Waals surface area contributed by atoms with Gasteiger partial charge in [0.15, 0.2) is 11.5 Å². The first-order valence-electron chi connectivity index (χ1n) is 9.14. The number of fused-ring (bicyclic) bond motifs is 1. The van der Waals surface area contributed by atoms with Gasteiger partial charge in [-0.1, -0.05) is 23.9 Å². The number of hydrogen-bond acceptors (Lipinski definition) is 7. The maximum atomic E-state index is 12.6. The molecule has 9 heteroatoms. The lowest BCUT2D eigenvalue weighted by Gasteiger charge is -2.20. The molecule has 0 unspecified atom stereocenters. The molecule has 0 fully saturated rings. The van der Waals surface area contributed by atoms with Crippen LogP contribution >= 0.6 is 23.1 Å². The maximum Gasteiger partial charge on any atom is 0.233 e. The monoisotopic (exact) mass is 428 g/mol. The number of rotatable bonds is 8. The number of amides is 1. The Labute approximate surface area is 176 Å². The van der Waals surface area contributed by atoms with Crippen molar-refractivity contribution in [3.63, 3.8) is 0 Å². The number of thiophene rings is 1. The van der Waals surface area contributed by atoms with Gasteiger partial charge < -0.3 is 14.4 Å². The number of H-pyrrole nitrogens is 1. The lowest BCUT2D eigenvalue weighted by Crippen LogP contribution is -2.31. The van der Waals surface area contributed by atoms with E-state index in [4.69, 9.17) is 9.47 Å². The van der Waals surface area contributed by atoms with Gasteiger partial charge >= 0.3 is 0 Å². The summed E-state index contributed by atoms with van der Waals surface area (Å²) in [6.07, 6.45) is 3.86. The van der Waals surface area contributed by atoms with Gasteiger partial charge in [-0.3, -0.25) is 9.89 Å². The lowest BCUT2D eigenvalue weighted by atomic mass is 10.2. The van der Waals surface area contributed by atoms with Crippen molar-refractivity contribution in [1.82, 2.24) is 20.1 Å². The van der Waals surface area contributed by atoms with E-state index >= 15 is 0 Å². The second-order valence-electron chi connectivity index (χ2n) is 6.24. The molecule has 0 atom stereocenters. The van der Waals surface area contributed by atoms with Crippen LogP contribution in [0.3, 0.4) is 0 Å². The molecule has 1 aliphatic heterocycles. The molecule has 0 saturated heterocycles. The molecule has 1 aliphatic rings. The summed E-state index contributed by atoms with van der Waals surface area (Å²) in [4.78, 5) is 20.0. The Morgan fingerprint density at radius 1 is 1.31 bits per heavy atom. The van der Waals surface area contributed by atoms with Crippen LogP contribution in [0.5, 0.6) is 11.5 Å². The van der Waals surface area contributed by atoms with Crippen molar-refractivity contribution < 1.29 is 14.3 Å². The van der Waals surface area contributed by atoms with Crippen LogP contribution in [0.2, 0.25) is 0 Å². The SMILES string of the molecule is CCN(Cc1ccc2c(c1)OCO2)C(=O)CSc1n[nH]c(/C=C/c2cccs2)n1. The number of nitrogens with zero attached hydrogens (tertiary/aromatic N) is 3. The normalized spacial score (nSPS) is 12.6. The highest BCUT2D eigenvalue weighted by Crippen LogP contribution is 2.32. The Balaban J connectivity index is 1.31. The zero-order valence-electron chi connectivity index (χ0n) is 15.8. The summed E-state index contributed by atoms with van der Waals surface area (Å²) in [5, 5.41) is 9.64. The summed E-state index contributed by atoms with van der Waals surface area (Å²) in [5.41, 5.74) is 1.01. The molecule has 3 heterocycles. The van der Waals surface area contributed by atoms with Crippen LogP contribution in [0.25, 0.3) is 12.2 Å². The van der Waals surface area contributed by atoms with Crippen molar-refractivity contribution in [3.05, 3.63) is 52.0 Å². The first-order chi connectivity index (χ1) is 14.2. The highest BCUT2D eigenvalue weighted by molar-refractivity contribution is 7.99. The third-order valence-corrected chi connectivity index (χ3v) is 5.97. The Morgan fingerprint density at radius 2 is 2.21 bits per heavy atom. The molecule has 0 aliphatic carbocycles. The smallest absolute Gasteiger partial charge is 0.233 e. The maximum absolute atomic E-state index is 12.6. The summed E-state index contributed by atoms with van der Waals surface area (Å²) >= 11 is 2.98. The van der Waals surface area contributed by atoms with Gasteiger partial charge in [0.2, 0.25) is 17.9 Å². The van der Waals surface area contributed by atoms with Gasteiger partial charge in [0.25, 0.3) is 0 Å². The summed E-state index contributed by atoms with van der Waals surface area (Å²) in [6.45, 7) is 3.36. The molecular formula is C20H20N4O3S2. The van der Waals surface area contributed by atoms with E-state index in [2.05, 4.69) is 15.2 Å². The van der Waals surface area contributed by atoms with E-state index in [1.165, 1.54) is 11.8 Å². The minimum atomic E-state index is 0.0376. The van der Waals surface area contributed by atoms with Gasteiger partial charge in [0.05, 0.1) is 5.75 Å². The van der Waals surface area contributed by atoms with Gasteiger partial charge in [-0.25, -0.2) is 4.98 Å². The van der Waals surface area contributed by atoms with E-state index in [0.29, 0.717) is 24.1 Å². The van der Waals surface area contributed by atoms with Crippen molar-refractivity contribution in [1.29, 1.82) is 0 Å². The molecule has 2 aromatic heterocycles. The first kappa shape index (κ1) is 19.5. The summed E-state index contributed by atoms with van der Waals surface area (Å²) in [6, 6.07) is 9.79. The zero-order valence-corrected chi connectivity index (χ0v) is 17.5. The topological polar surface area (TPSA) is 80.3 Å². The molecular weight excluding hydrogens is 408 g/mol. The minimum absolute atomic E-state index is 0.0376. The molecule has 7 nitrogen and oxygen atoms in total. The summed E-state index contributed by atoms with van der Waals surface area (Å²) < 4.78 is 10.7. The van der Waals surface area contributed by atoms with Crippen LogP contribution in [-0.4, -0.2) is 45.1 Å². The fourth-order valence-electron chi connectivity index (χ4n) is 2.80. The van der Waals surface area contributed by atoms with Gasteiger partial charge in [-0.05, 0) is 48.2 Å². The number of hydrogen-bond donors (Lipinski definition) is 1. The van der Waals surface area contributed by atoms with Crippen LogP contribution in [0.4, 0.5) is 0 Å². The molecule has 0 saturated carbocycles. The molecule has 0 bridgehead atoms. The van der Waals surface area contributed by atoms with E-state index in [0.717, 1.165) is 21.9 Å². The molecule has 1 amide bonds. The number of nitrogens with one attached hydrogen (secondary N) is 1. The molecule has 3 aromatic rings. The van der Waals surface area contributed by atoms with Gasteiger partial charge in [0, 0.05) is 18.0 Å². The van der Waals surface area contributed by atoms with Gasteiger partial charge in [0.1, 0.15) is 5.82 Å². The number of benzene rings is 1. The van der Waals surface area contributed by atoms with Crippen LogP contribution in [0.1, 0.15) is 23.2 Å². The van der Waals surface area contributed by atoms with E-state index in [-0.39, 0.29) is 18.5 Å². The van der Waals surface area contributed by atoms with Crippen molar-refractivity contribution in [2.24, 2.45) is 0 Å². The molecule has 150 valence electrons. The number of ether oxygens (including phenoxy) is 2. The van der Waals surface area contributed by atoms with Crippen LogP contribution in [-0.2, 0) is 11.3 Å². The Hall–Kier alpha value is -2.78. The van der Waals surface area contributed by atoms with Gasteiger partial charge in [-0.15, -0.1) is 16.4 Å². The predicted molar refractivity (Wildman–Crippen MR) is 114 cm³/mol. The van der Waals surface area contributed by atoms with E-state index in [9.17, 15) is 4.79 Å². The second-order valence-corrected chi connectivity index (χ2v) is 8.16. The Bertz CT molecular complexity index is 1000. The Kier molecular flexibility index (Phi) is 6.16. The van der Waals surface area contributed by atoms with Crippen molar-refractivity contribution in [3.8, 4) is 11.5 Å². The molecule has 4 rings (SSSR count). The summed E-state index contributed by atoms with van der Waals surface area (Å²) in [7, 11) is 0. The number of aromatic nitrogens is 3. The third kappa shape index (κ3) is 4.99. The lowest BCUT2D eigenvalue weighted by molar-refractivity contribution is -0.128. The van der Waals surface area contributed by atoms with Crippen molar-refractivity contribution in [2.75, 3.05) is 19.1 Å². The van der Waals surface area contributed by atoms with Gasteiger partial charge in [-0.2, -0.15) is 0 Å². The van der Waals surface area contributed by atoms with E-state index < -0.39 is 0 Å². The minimum Gasteiger partial charge on any atom is -0.454 e. The average molecular weight is 429 g/mol. The number of carbonyl (C=O) groups excluding carboxylic acids is 1. The average Bonchev–Trinajstić information content (AvgIpc) is 3.50. The first-order valence-corrected chi connectivity index (χ1v) is 11.0. The second kappa shape index (κ2) is 9.15. The highest BCUT2D eigenvalue weighted by atomic mass is 32.2. The Morgan fingerprint density at radius 3 is 3.03 bits per heavy atom. The third-order valence-electron chi connectivity index (χ3n) is 4.30. The molecule has 29 heavy (non-hydrogen) atoms. The number of aromatic amines is 1. The largest absolute Gasteiger partial charge is 0.454 e. The van der Waals surface area contributed by atoms with E-state index in [1.54, 1.807) is 16.2 Å². The van der Waals surface area contributed by atoms with Crippen molar-refractivity contribution in [2.45, 2.75) is 18.6 Å². The molecule has 1 N–H and O–H groups in total. The van der Waals surface area contributed by atoms with Crippen LogP contribution in [0.15, 0.2) is 40.9 Å². The standard InChI is InChI=1S/C20H20N4O3S2/c1-2-24(11-14-5-7-16-17(10-14)27-13-26-16)19(25)12-29-20-21-18(22-23-20)8-6-15-4-3-9-28-15/h3-10H,2,11-13H2,1H3,(H,21,22,23)/b8-6+. The number of thioether (sulfide) groups is 1. The van der Waals surface area contributed by atoms with Crippen LogP contribution in [0, 0.1) is 0 Å². The van der Waals surface area contributed by atoms with Crippen LogP contribution < -0.4 is 9.47 Å². The summed E-state index contributed by atoms with van der Waals surface area (Å²) in [5.74, 6) is 2.46. The quantitative estimate of drug-likeness (QED) is 0.548. The fraction of sp³-hybridized carbons (Fsp3) is 0.250. The van der Waals surface area contributed by atoms with Crippen molar-refractivity contribution >= 4 is 41.2 Å². The molecule has 0 spiro atoms. The highest BCUT2D eigenvalue weighted by Gasteiger charge is 2.17. The van der Waals surface area contributed by atoms with E-state index in [1.807, 2.05) is 54.8 Å². The predicted octanol–water partition coefficient (Wildman–Crippen LogP) is 3.91. The zero-order chi connectivity index (χ0) is 20.1. The molecule has 1 aromatic carbocycles. The number of carbonyl (C=O) groups is 1. The molecule has 0 radical (unpaired) electrons. The fourth-order valence-corrected chi connectivity index (χ4v) is 4.12.